The van der Waals surface area contributed by atoms with Gasteiger partial charge in [0.1, 0.15) is 5.82 Å². The zero-order valence-electron chi connectivity index (χ0n) is 12.8. The van der Waals surface area contributed by atoms with Gasteiger partial charge in [-0.05, 0) is 24.3 Å². The number of hydrogen-bond donors (Lipinski definition) is 1. The highest BCUT2D eigenvalue weighted by molar-refractivity contribution is 9.10. The molecule has 128 valence electrons. The maximum Gasteiger partial charge on any atom is 0.332 e. The zero-order valence-corrected chi connectivity index (χ0v) is 14.4. The van der Waals surface area contributed by atoms with E-state index in [1.807, 2.05) is 0 Å². The molecule has 7 nitrogen and oxygen atoms in total. The molecule has 3 rings (SSSR count). The molecule has 1 atom stereocenters. The molecule has 0 fully saturated rings. The van der Waals surface area contributed by atoms with Gasteiger partial charge in [-0.2, -0.15) is 0 Å². The first kappa shape index (κ1) is 17.0. The van der Waals surface area contributed by atoms with Crippen molar-refractivity contribution in [3.8, 4) is 0 Å². The number of rotatable bonds is 3. The van der Waals surface area contributed by atoms with Gasteiger partial charge in [0.25, 0.3) is 5.56 Å². The Morgan fingerprint density at radius 1 is 1.32 bits per heavy atom. The Hall–Kier alpha value is -2.81. The van der Waals surface area contributed by atoms with E-state index in [2.05, 4.69) is 20.9 Å². The van der Waals surface area contributed by atoms with Crippen LogP contribution in [-0.2, 0) is 11.8 Å². The Morgan fingerprint density at radius 3 is 2.72 bits per heavy atom. The average Bonchev–Trinajstić information content (AvgIpc) is 2.59. The summed E-state index contributed by atoms with van der Waals surface area (Å²) in [5.74, 6) is -2.36. The van der Waals surface area contributed by atoms with Gasteiger partial charge in [-0.3, -0.25) is 14.3 Å². The van der Waals surface area contributed by atoms with E-state index in [0.717, 1.165) is 10.6 Å². The lowest BCUT2D eigenvalue weighted by Crippen LogP contribution is -2.44. The van der Waals surface area contributed by atoms with E-state index in [1.165, 1.54) is 37.6 Å². The highest BCUT2D eigenvalue weighted by Gasteiger charge is 2.29. The average molecular weight is 408 g/mol. The minimum Gasteiger partial charge on any atom is -0.479 e. The molecule has 2 aromatic heterocycles. The first-order valence-corrected chi connectivity index (χ1v) is 7.85. The van der Waals surface area contributed by atoms with Crippen LogP contribution >= 0.6 is 15.9 Å². The summed E-state index contributed by atoms with van der Waals surface area (Å²) >= 11 is 3.14. The number of aromatic nitrogens is 3. The highest BCUT2D eigenvalue weighted by Crippen LogP contribution is 2.24. The Labute approximate surface area is 148 Å². The number of aliphatic carboxylic acids is 1. The maximum atomic E-state index is 14.2. The lowest BCUT2D eigenvalue weighted by Gasteiger charge is -2.18. The van der Waals surface area contributed by atoms with Crippen LogP contribution < -0.4 is 11.2 Å². The first-order valence-electron chi connectivity index (χ1n) is 7.06. The second kappa shape index (κ2) is 6.25. The van der Waals surface area contributed by atoms with Crippen LogP contribution in [0.5, 0.6) is 0 Å². The quantitative estimate of drug-likeness (QED) is 0.712. The van der Waals surface area contributed by atoms with Gasteiger partial charge in [0.2, 0.25) is 0 Å². The summed E-state index contributed by atoms with van der Waals surface area (Å²) in [5.41, 5.74) is -1.74. The Bertz CT molecular complexity index is 1120. The number of halogens is 2. The van der Waals surface area contributed by atoms with Crippen molar-refractivity contribution in [3.63, 3.8) is 0 Å². The molecule has 0 amide bonds. The molecule has 0 saturated carbocycles. The number of carboxylic acids is 1. The summed E-state index contributed by atoms with van der Waals surface area (Å²) in [6.45, 7) is 0. The Balaban J connectivity index is 2.44. The largest absolute Gasteiger partial charge is 0.479 e. The third-order valence-corrected chi connectivity index (χ3v) is 4.34. The molecular formula is C16H11BrFN3O4. The van der Waals surface area contributed by atoms with E-state index in [4.69, 9.17) is 0 Å². The predicted molar refractivity (Wildman–Crippen MR) is 91.1 cm³/mol. The van der Waals surface area contributed by atoms with E-state index in [9.17, 15) is 23.9 Å². The van der Waals surface area contributed by atoms with Crippen LogP contribution in [0.25, 0.3) is 10.9 Å². The molecule has 0 radical (unpaired) electrons. The minimum atomic E-state index is -1.80. The lowest BCUT2D eigenvalue weighted by molar-refractivity contribution is -0.139. The van der Waals surface area contributed by atoms with Gasteiger partial charge in [0.15, 0.2) is 6.04 Å². The van der Waals surface area contributed by atoms with Gasteiger partial charge < -0.3 is 5.11 Å². The van der Waals surface area contributed by atoms with Gasteiger partial charge in [0.05, 0.1) is 17.1 Å². The normalized spacial score (nSPS) is 12.3. The molecule has 1 unspecified atom stereocenters. The first-order chi connectivity index (χ1) is 11.8. The molecule has 25 heavy (non-hydrogen) atoms. The van der Waals surface area contributed by atoms with Gasteiger partial charge in [-0.15, -0.1) is 0 Å². The number of nitrogens with zero attached hydrogens (tertiary/aromatic N) is 3. The molecule has 0 aliphatic rings. The maximum absolute atomic E-state index is 14.2. The molecule has 0 aliphatic heterocycles. The molecule has 0 aliphatic carbocycles. The van der Waals surface area contributed by atoms with Crippen LogP contribution in [-0.4, -0.2) is 25.2 Å². The van der Waals surface area contributed by atoms with Crippen LogP contribution in [0.3, 0.4) is 0 Å². The van der Waals surface area contributed by atoms with E-state index in [0.29, 0.717) is 9.04 Å². The fourth-order valence-electron chi connectivity index (χ4n) is 2.65. The summed E-state index contributed by atoms with van der Waals surface area (Å²) in [6.07, 6.45) is 2.69. The number of benzene rings is 1. The van der Waals surface area contributed by atoms with Crippen LogP contribution in [0.2, 0.25) is 0 Å². The molecule has 0 saturated heterocycles. The summed E-state index contributed by atoms with van der Waals surface area (Å²) in [6, 6.07) is 3.27. The van der Waals surface area contributed by atoms with Gasteiger partial charge in [-0.1, -0.05) is 15.9 Å². The lowest BCUT2D eigenvalue weighted by atomic mass is 10.1. The van der Waals surface area contributed by atoms with E-state index in [-0.39, 0.29) is 16.5 Å². The number of pyridine rings is 1. The van der Waals surface area contributed by atoms with Crippen molar-refractivity contribution in [2.24, 2.45) is 7.05 Å². The third kappa shape index (κ3) is 2.76. The third-order valence-electron chi connectivity index (χ3n) is 3.85. The van der Waals surface area contributed by atoms with Gasteiger partial charge in [-0.25, -0.2) is 18.5 Å². The van der Waals surface area contributed by atoms with Crippen LogP contribution in [0.1, 0.15) is 11.6 Å². The van der Waals surface area contributed by atoms with Crippen molar-refractivity contribution in [3.05, 3.63) is 73.4 Å². The second-order valence-electron chi connectivity index (χ2n) is 5.32. The van der Waals surface area contributed by atoms with Crippen molar-refractivity contribution in [2.45, 2.75) is 6.04 Å². The molecule has 1 aromatic carbocycles. The van der Waals surface area contributed by atoms with Gasteiger partial charge in [0, 0.05) is 23.3 Å². The van der Waals surface area contributed by atoms with E-state index >= 15 is 0 Å². The van der Waals surface area contributed by atoms with Crippen LogP contribution in [0.15, 0.2) is 50.7 Å². The SMILES string of the molecule is Cn1c(=O)n(C(C(=O)O)c2cc(Br)ccc2F)c(=O)c2ccncc21. The minimum absolute atomic E-state index is 0.110. The van der Waals surface area contributed by atoms with Crippen LogP contribution in [0.4, 0.5) is 4.39 Å². The summed E-state index contributed by atoms with van der Waals surface area (Å²) in [4.78, 5) is 41.0. The number of carboxylic acid groups (broad SMARTS) is 1. The molecule has 1 N–H and O–H groups in total. The fourth-order valence-corrected chi connectivity index (χ4v) is 3.03. The van der Waals surface area contributed by atoms with Crippen molar-refractivity contribution in [1.29, 1.82) is 0 Å². The van der Waals surface area contributed by atoms with Crippen molar-refractivity contribution in [1.82, 2.24) is 14.1 Å². The molecule has 0 spiro atoms. The fraction of sp³-hybridized carbons (Fsp3) is 0.125. The van der Waals surface area contributed by atoms with Crippen molar-refractivity contribution in [2.75, 3.05) is 0 Å². The summed E-state index contributed by atoms with van der Waals surface area (Å²) < 4.78 is 16.3. The van der Waals surface area contributed by atoms with Crippen LogP contribution in [0, 0.1) is 5.82 Å². The summed E-state index contributed by atoms with van der Waals surface area (Å²) in [5, 5.41) is 9.72. The number of aryl methyl sites for hydroxylation is 1. The smallest absolute Gasteiger partial charge is 0.332 e. The second-order valence-corrected chi connectivity index (χ2v) is 6.23. The van der Waals surface area contributed by atoms with Crippen molar-refractivity contribution < 1.29 is 14.3 Å². The molecule has 9 heteroatoms. The molecular weight excluding hydrogens is 397 g/mol. The number of hydrogen-bond acceptors (Lipinski definition) is 4. The topological polar surface area (TPSA) is 94.2 Å². The highest BCUT2D eigenvalue weighted by atomic mass is 79.9. The van der Waals surface area contributed by atoms with E-state index < -0.39 is 29.1 Å². The summed E-state index contributed by atoms with van der Waals surface area (Å²) in [7, 11) is 1.39. The molecule has 2 heterocycles. The van der Waals surface area contributed by atoms with E-state index in [1.54, 1.807) is 0 Å². The number of carbonyl (C=O) groups is 1. The number of fused-ring (bicyclic) bond motifs is 1. The van der Waals surface area contributed by atoms with Crippen molar-refractivity contribution >= 4 is 32.8 Å². The zero-order chi connectivity index (χ0) is 18.3. The predicted octanol–water partition coefficient (Wildman–Crippen LogP) is 1.67. The van der Waals surface area contributed by atoms with Gasteiger partial charge >= 0.3 is 11.7 Å². The molecule has 0 bridgehead atoms. The Morgan fingerprint density at radius 2 is 2.04 bits per heavy atom. The molecule has 3 aromatic rings. The standard InChI is InChI=1S/C16H11BrFN3O4/c1-20-12-7-19-5-4-9(12)14(22)21(16(20)25)13(15(23)24)10-6-8(17)2-3-11(10)18/h2-7,13H,1H3,(H,23,24). The monoisotopic (exact) mass is 407 g/mol. The Kier molecular flexibility index (Phi) is 4.25.